The fourth-order valence-corrected chi connectivity index (χ4v) is 2.65. The van der Waals surface area contributed by atoms with Gasteiger partial charge in [-0.25, -0.2) is 4.79 Å². The molecular weight excluding hydrogens is 260 g/mol. The third-order valence-corrected chi connectivity index (χ3v) is 3.69. The Kier molecular flexibility index (Phi) is 4.25. The Hall–Kier alpha value is -1.77. The van der Waals surface area contributed by atoms with E-state index in [9.17, 15) is 4.79 Å². The summed E-state index contributed by atoms with van der Waals surface area (Å²) in [5.41, 5.74) is 0.00592. The molecule has 19 heavy (non-hydrogen) atoms. The molecule has 100 valence electrons. The monoisotopic (exact) mass is 276 g/mol. The maximum Gasteiger partial charge on any atom is 0.328 e. The van der Waals surface area contributed by atoms with Gasteiger partial charge in [0.2, 0.25) is 0 Å². The van der Waals surface area contributed by atoms with Gasteiger partial charge in [0.25, 0.3) is 0 Å². The number of aliphatic hydroxyl groups excluding tert-OH is 1. The zero-order valence-electron chi connectivity index (χ0n) is 11.0. The lowest BCUT2D eigenvalue weighted by Crippen LogP contribution is -2.25. The molecular formula is C14H16N2O2S. The smallest absolute Gasteiger partial charge is 0.328 e. The Bertz CT molecular complexity index is 667. The van der Waals surface area contributed by atoms with Crippen molar-refractivity contribution in [2.45, 2.75) is 26.4 Å². The lowest BCUT2D eigenvalue weighted by atomic mass is 10.4. The van der Waals surface area contributed by atoms with Crippen molar-refractivity contribution in [3.05, 3.63) is 44.8 Å². The van der Waals surface area contributed by atoms with Gasteiger partial charge in [-0.3, -0.25) is 9.13 Å². The molecule has 0 saturated carbocycles. The molecule has 0 atom stereocenters. The van der Waals surface area contributed by atoms with Crippen molar-refractivity contribution in [3.63, 3.8) is 0 Å². The fraction of sp³-hybridized carbons (Fsp3) is 0.357. The van der Waals surface area contributed by atoms with Crippen LogP contribution in [0.2, 0.25) is 0 Å². The number of imidazole rings is 1. The van der Waals surface area contributed by atoms with Gasteiger partial charge >= 0.3 is 5.69 Å². The SMILES string of the molecule is CC(C)n1ccn(Cc2ccc(C#CCO)s2)c1=O. The molecule has 0 radical (unpaired) electrons. The zero-order chi connectivity index (χ0) is 13.8. The van der Waals surface area contributed by atoms with E-state index in [1.165, 1.54) is 0 Å². The molecule has 0 spiro atoms. The van der Waals surface area contributed by atoms with Gasteiger partial charge in [0.05, 0.1) is 11.4 Å². The predicted octanol–water partition coefficient (Wildman–Crippen LogP) is 1.68. The van der Waals surface area contributed by atoms with Crippen molar-refractivity contribution >= 4 is 11.3 Å². The van der Waals surface area contributed by atoms with E-state index in [1.807, 2.05) is 32.2 Å². The van der Waals surface area contributed by atoms with E-state index in [4.69, 9.17) is 5.11 Å². The summed E-state index contributed by atoms with van der Waals surface area (Å²) >= 11 is 1.54. The summed E-state index contributed by atoms with van der Waals surface area (Å²) in [7, 11) is 0. The quantitative estimate of drug-likeness (QED) is 0.867. The Morgan fingerprint density at radius 3 is 2.79 bits per heavy atom. The van der Waals surface area contributed by atoms with Gasteiger partial charge in [0.15, 0.2) is 0 Å². The van der Waals surface area contributed by atoms with E-state index in [2.05, 4.69) is 11.8 Å². The van der Waals surface area contributed by atoms with Crippen LogP contribution >= 0.6 is 11.3 Å². The van der Waals surface area contributed by atoms with Crippen LogP contribution in [-0.2, 0) is 6.54 Å². The Morgan fingerprint density at radius 2 is 2.16 bits per heavy atom. The highest BCUT2D eigenvalue weighted by atomic mass is 32.1. The highest BCUT2D eigenvalue weighted by molar-refractivity contribution is 7.12. The summed E-state index contributed by atoms with van der Waals surface area (Å²) < 4.78 is 3.40. The molecule has 0 aliphatic rings. The molecule has 5 heteroatoms. The van der Waals surface area contributed by atoms with Gasteiger partial charge in [-0.2, -0.15) is 0 Å². The summed E-state index contributed by atoms with van der Waals surface area (Å²) in [5.74, 6) is 5.48. The normalized spacial score (nSPS) is 10.5. The van der Waals surface area contributed by atoms with Crippen LogP contribution in [0.5, 0.6) is 0 Å². The van der Waals surface area contributed by atoms with Gasteiger partial charge in [-0.05, 0) is 26.0 Å². The van der Waals surface area contributed by atoms with Crippen molar-refractivity contribution in [1.29, 1.82) is 0 Å². The number of rotatable bonds is 3. The molecule has 2 heterocycles. The highest BCUT2D eigenvalue weighted by Crippen LogP contribution is 2.16. The Labute approximate surface area is 115 Å². The molecule has 2 aromatic rings. The van der Waals surface area contributed by atoms with Gasteiger partial charge in [0.1, 0.15) is 6.61 Å². The number of thiophene rings is 1. The van der Waals surface area contributed by atoms with E-state index in [-0.39, 0.29) is 18.3 Å². The second kappa shape index (κ2) is 5.91. The van der Waals surface area contributed by atoms with Gasteiger partial charge in [-0.1, -0.05) is 11.8 Å². The van der Waals surface area contributed by atoms with E-state index in [0.717, 1.165) is 9.75 Å². The maximum absolute atomic E-state index is 12.1. The van der Waals surface area contributed by atoms with Crippen LogP contribution in [-0.4, -0.2) is 20.8 Å². The van der Waals surface area contributed by atoms with Crippen molar-refractivity contribution in [1.82, 2.24) is 9.13 Å². The lowest BCUT2D eigenvalue weighted by Gasteiger charge is -2.04. The Balaban J connectivity index is 2.18. The summed E-state index contributed by atoms with van der Waals surface area (Å²) in [4.78, 5) is 14.0. The predicted molar refractivity (Wildman–Crippen MR) is 76.5 cm³/mol. The van der Waals surface area contributed by atoms with Crippen LogP contribution in [0.3, 0.4) is 0 Å². The van der Waals surface area contributed by atoms with Crippen molar-refractivity contribution in [3.8, 4) is 11.8 Å². The molecule has 0 unspecified atom stereocenters. The van der Waals surface area contributed by atoms with E-state index in [0.29, 0.717) is 6.54 Å². The standard InChI is InChI=1S/C14H16N2O2S/c1-11(2)16-8-7-15(14(16)18)10-13-6-5-12(19-13)4-3-9-17/h5-8,11,17H,9-10H2,1-2H3. The first-order valence-electron chi connectivity index (χ1n) is 6.07. The van der Waals surface area contributed by atoms with E-state index < -0.39 is 0 Å². The number of aromatic nitrogens is 2. The van der Waals surface area contributed by atoms with E-state index in [1.54, 1.807) is 26.7 Å². The van der Waals surface area contributed by atoms with Crippen LogP contribution in [0.4, 0.5) is 0 Å². The number of hydrogen-bond acceptors (Lipinski definition) is 3. The molecule has 1 N–H and O–H groups in total. The van der Waals surface area contributed by atoms with Crippen molar-refractivity contribution in [2.75, 3.05) is 6.61 Å². The lowest BCUT2D eigenvalue weighted by molar-refractivity contribution is 0.350. The van der Waals surface area contributed by atoms with Crippen molar-refractivity contribution < 1.29 is 5.11 Å². The second-order valence-corrected chi connectivity index (χ2v) is 5.60. The molecule has 0 fully saturated rings. The van der Waals surface area contributed by atoms with Crippen LogP contribution in [0.1, 0.15) is 29.6 Å². The minimum atomic E-state index is -0.135. The fourth-order valence-electron chi connectivity index (χ4n) is 1.77. The number of nitrogens with zero attached hydrogens (tertiary/aromatic N) is 2. The molecule has 0 amide bonds. The minimum Gasteiger partial charge on any atom is -0.384 e. The first-order chi connectivity index (χ1) is 9.11. The van der Waals surface area contributed by atoms with Gasteiger partial charge in [-0.15, -0.1) is 11.3 Å². The zero-order valence-corrected chi connectivity index (χ0v) is 11.8. The molecule has 2 rings (SSSR count). The van der Waals surface area contributed by atoms with Crippen LogP contribution in [0.25, 0.3) is 0 Å². The summed E-state index contributed by atoms with van der Waals surface area (Å²) in [5, 5.41) is 8.64. The second-order valence-electron chi connectivity index (χ2n) is 4.44. The average molecular weight is 276 g/mol. The van der Waals surface area contributed by atoms with E-state index >= 15 is 0 Å². The number of aliphatic hydroxyl groups is 1. The van der Waals surface area contributed by atoms with Gasteiger partial charge < -0.3 is 5.11 Å². The van der Waals surface area contributed by atoms with Crippen LogP contribution in [0.15, 0.2) is 29.3 Å². The molecule has 0 saturated heterocycles. The maximum atomic E-state index is 12.1. The third kappa shape index (κ3) is 3.16. The first-order valence-corrected chi connectivity index (χ1v) is 6.89. The minimum absolute atomic E-state index is 0.00592. The van der Waals surface area contributed by atoms with Gasteiger partial charge in [0, 0.05) is 23.3 Å². The summed E-state index contributed by atoms with van der Waals surface area (Å²) in [6.07, 6.45) is 3.62. The molecule has 0 aliphatic heterocycles. The molecule has 0 aliphatic carbocycles. The first kappa shape index (κ1) is 13.7. The molecule has 4 nitrogen and oxygen atoms in total. The Morgan fingerprint density at radius 1 is 1.37 bits per heavy atom. The largest absolute Gasteiger partial charge is 0.384 e. The summed E-state index contributed by atoms with van der Waals surface area (Å²) in [6, 6.07) is 4.04. The molecule has 0 aromatic carbocycles. The average Bonchev–Trinajstić information content (AvgIpc) is 2.95. The van der Waals surface area contributed by atoms with Crippen LogP contribution < -0.4 is 5.69 Å². The van der Waals surface area contributed by atoms with Crippen molar-refractivity contribution in [2.24, 2.45) is 0 Å². The summed E-state index contributed by atoms with van der Waals surface area (Å²) in [6.45, 7) is 4.40. The number of hydrogen-bond donors (Lipinski definition) is 1. The molecule has 2 aromatic heterocycles. The third-order valence-electron chi connectivity index (χ3n) is 2.71. The van der Waals surface area contributed by atoms with Crippen LogP contribution in [0, 0.1) is 11.8 Å². The highest BCUT2D eigenvalue weighted by Gasteiger charge is 2.07. The topological polar surface area (TPSA) is 47.2 Å². The molecule has 0 bridgehead atoms.